The van der Waals surface area contributed by atoms with Gasteiger partial charge < -0.3 is 5.32 Å². The van der Waals surface area contributed by atoms with Gasteiger partial charge in [0.2, 0.25) is 0 Å². The van der Waals surface area contributed by atoms with Crippen molar-refractivity contribution < 1.29 is 22.4 Å². The minimum Gasteiger partial charge on any atom is -0.320 e. The highest BCUT2D eigenvalue weighted by atomic mass is 35.6. The molecule has 0 atom stereocenters. The zero-order chi connectivity index (χ0) is 18.1. The number of halogens is 7. The first-order valence-corrected chi connectivity index (χ1v) is 7.19. The fourth-order valence-electron chi connectivity index (χ4n) is 1.68. The molecule has 0 saturated heterocycles. The van der Waals surface area contributed by atoms with E-state index in [4.69, 9.17) is 34.8 Å². The maximum absolute atomic E-state index is 13.2. The largest absolute Gasteiger partial charge is 0.435 e. The van der Waals surface area contributed by atoms with E-state index >= 15 is 0 Å². The van der Waals surface area contributed by atoms with E-state index in [1.807, 2.05) is 5.32 Å². The molecule has 2 aromatic rings. The fraction of sp³-hybridized carbons (Fsp3) is 0.154. The molecule has 0 aliphatic carbocycles. The van der Waals surface area contributed by atoms with Crippen LogP contribution >= 0.6 is 34.8 Å². The topological polar surface area (TPSA) is 54.9 Å². The van der Waals surface area contributed by atoms with E-state index < -0.39 is 33.1 Å². The molecular formula is C13H6Cl3F4N3O. The Kier molecular flexibility index (Phi) is 5.22. The summed E-state index contributed by atoms with van der Waals surface area (Å²) in [5, 5.41) is 1.84. The second kappa shape index (κ2) is 6.70. The molecule has 1 N–H and O–H groups in total. The van der Waals surface area contributed by atoms with E-state index in [0.29, 0.717) is 0 Å². The van der Waals surface area contributed by atoms with Crippen molar-refractivity contribution in [3.63, 3.8) is 0 Å². The third-order valence-electron chi connectivity index (χ3n) is 2.67. The highest BCUT2D eigenvalue weighted by molar-refractivity contribution is 6.76. The average Bonchev–Trinajstić information content (AvgIpc) is 2.45. The molecule has 0 radical (unpaired) electrons. The third kappa shape index (κ3) is 4.46. The summed E-state index contributed by atoms with van der Waals surface area (Å²) in [5.41, 5.74) is -2.29. The molecule has 0 unspecified atom stereocenters. The standard InChI is InChI=1S/C13H6Cl3F4N3O/c14-12(15,16)11(24)23-9-2-1-8(22-10(9)13(18,19)20)6-3-7(17)5-21-4-6/h1-5H,(H,23,24). The van der Waals surface area contributed by atoms with Crippen molar-refractivity contribution in [1.82, 2.24) is 9.97 Å². The summed E-state index contributed by atoms with van der Waals surface area (Å²) in [5.74, 6) is -2.02. The van der Waals surface area contributed by atoms with Crippen molar-refractivity contribution in [3.05, 3.63) is 42.1 Å². The van der Waals surface area contributed by atoms with E-state index in [2.05, 4.69) is 9.97 Å². The second-order valence-corrected chi connectivity index (χ2v) is 6.72. The summed E-state index contributed by atoms with van der Waals surface area (Å²) in [4.78, 5) is 18.5. The van der Waals surface area contributed by atoms with Gasteiger partial charge in [-0.1, -0.05) is 34.8 Å². The SMILES string of the molecule is O=C(Nc1ccc(-c2cncc(F)c2)nc1C(F)(F)F)C(Cl)(Cl)Cl. The Labute approximate surface area is 147 Å². The maximum Gasteiger partial charge on any atom is 0.435 e. The van der Waals surface area contributed by atoms with Gasteiger partial charge in [0.25, 0.3) is 9.70 Å². The van der Waals surface area contributed by atoms with E-state index in [1.54, 1.807) is 0 Å². The zero-order valence-electron chi connectivity index (χ0n) is 11.3. The number of nitrogens with zero attached hydrogens (tertiary/aromatic N) is 2. The quantitative estimate of drug-likeness (QED) is 0.589. The summed E-state index contributed by atoms with van der Waals surface area (Å²) < 4.78 is 50.2. The van der Waals surface area contributed by atoms with Crippen LogP contribution in [0, 0.1) is 5.82 Å². The van der Waals surface area contributed by atoms with Gasteiger partial charge in [-0.05, 0) is 18.2 Å². The number of rotatable bonds is 2. The van der Waals surface area contributed by atoms with Gasteiger partial charge >= 0.3 is 6.18 Å². The summed E-state index contributed by atoms with van der Waals surface area (Å²) >= 11 is 15.9. The maximum atomic E-state index is 13.2. The molecule has 0 aliphatic heterocycles. The van der Waals surface area contributed by atoms with Crippen molar-refractivity contribution in [3.8, 4) is 11.3 Å². The van der Waals surface area contributed by atoms with Gasteiger partial charge in [0.15, 0.2) is 5.69 Å². The summed E-state index contributed by atoms with van der Waals surface area (Å²) in [6.45, 7) is 0. The first-order chi connectivity index (χ1) is 11.0. The molecule has 11 heteroatoms. The number of carbonyl (C=O) groups excluding carboxylic acids is 1. The van der Waals surface area contributed by atoms with Crippen LogP contribution in [-0.2, 0) is 11.0 Å². The summed E-state index contributed by atoms with van der Waals surface area (Å²) in [6.07, 6.45) is -2.87. The molecule has 0 aromatic carbocycles. The fourth-order valence-corrected chi connectivity index (χ4v) is 1.82. The second-order valence-electron chi connectivity index (χ2n) is 4.43. The molecule has 2 aromatic heterocycles. The third-order valence-corrected chi connectivity index (χ3v) is 3.18. The summed E-state index contributed by atoms with van der Waals surface area (Å²) in [7, 11) is 0. The number of anilines is 1. The predicted molar refractivity (Wildman–Crippen MR) is 81.3 cm³/mol. The van der Waals surface area contributed by atoms with Crippen LogP contribution in [0.1, 0.15) is 5.69 Å². The first-order valence-electron chi connectivity index (χ1n) is 6.06. The van der Waals surface area contributed by atoms with Crippen LogP contribution < -0.4 is 5.32 Å². The Hall–Kier alpha value is -1.64. The zero-order valence-corrected chi connectivity index (χ0v) is 13.6. The van der Waals surface area contributed by atoms with E-state index in [-0.39, 0.29) is 11.3 Å². The lowest BCUT2D eigenvalue weighted by Crippen LogP contribution is -2.28. The van der Waals surface area contributed by atoms with Crippen LogP contribution in [0.5, 0.6) is 0 Å². The Morgan fingerprint density at radius 3 is 2.33 bits per heavy atom. The smallest absolute Gasteiger partial charge is 0.320 e. The summed E-state index contributed by atoms with van der Waals surface area (Å²) in [6, 6.07) is 3.03. The minimum absolute atomic E-state index is 0.0275. The molecule has 128 valence electrons. The molecule has 2 heterocycles. The van der Waals surface area contributed by atoms with Crippen molar-refractivity contribution in [2.45, 2.75) is 9.97 Å². The van der Waals surface area contributed by atoms with Gasteiger partial charge in [0.05, 0.1) is 17.6 Å². The molecule has 4 nitrogen and oxygen atoms in total. The van der Waals surface area contributed by atoms with E-state index in [1.165, 1.54) is 0 Å². The van der Waals surface area contributed by atoms with Crippen LogP contribution in [0.25, 0.3) is 11.3 Å². The van der Waals surface area contributed by atoms with Gasteiger partial charge in [-0.25, -0.2) is 9.37 Å². The van der Waals surface area contributed by atoms with E-state index in [0.717, 1.165) is 30.6 Å². The number of amides is 1. The molecule has 0 saturated carbocycles. The van der Waals surface area contributed by atoms with Gasteiger partial charge in [-0.3, -0.25) is 9.78 Å². The number of alkyl halides is 6. The van der Waals surface area contributed by atoms with Crippen molar-refractivity contribution in [2.75, 3.05) is 5.32 Å². The van der Waals surface area contributed by atoms with Crippen LogP contribution in [0.2, 0.25) is 0 Å². The molecule has 1 amide bonds. The number of hydrogen-bond acceptors (Lipinski definition) is 3. The first kappa shape index (κ1) is 18.7. The number of pyridine rings is 2. The van der Waals surface area contributed by atoms with Crippen LogP contribution in [-0.4, -0.2) is 19.7 Å². The lowest BCUT2D eigenvalue weighted by molar-refractivity contribution is -0.140. The number of carbonyl (C=O) groups is 1. The van der Waals surface area contributed by atoms with Crippen molar-refractivity contribution >= 4 is 46.4 Å². The Bertz CT molecular complexity index is 778. The Morgan fingerprint density at radius 1 is 1.12 bits per heavy atom. The van der Waals surface area contributed by atoms with E-state index in [9.17, 15) is 22.4 Å². The average molecular weight is 403 g/mol. The van der Waals surface area contributed by atoms with Gasteiger partial charge in [0.1, 0.15) is 5.82 Å². The van der Waals surface area contributed by atoms with Crippen molar-refractivity contribution in [2.24, 2.45) is 0 Å². The van der Waals surface area contributed by atoms with Crippen LogP contribution in [0.4, 0.5) is 23.2 Å². The molecule has 0 fully saturated rings. The highest BCUT2D eigenvalue weighted by Crippen LogP contribution is 2.36. The number of hydrogen-bond donors (Lipinski definition) is 1. The van der Waals surface area contributed by atoms with Gasteiger partial charge in [-0.2, -0.15) is 13.2 Å². The van der Waals surface area contributed by atoms with Gasteiger partial charge in [-0.15, -0.1) is 0 Å². The van der Waals surface area contributed by atoms with Crippen LogP contribution in [0.15, 0.2) is 30.6 Å². The molecular weight excluding hydrogens is 397 g/mol. The Balaban J connectivity index is 2.49. The van der Waals surface area contributed by atoms with Gasteiger partial charge in [0, 0.05) is 11.8 Å². The normalized spacial score (nSPS) is 12.1. The predicted octanol–water partition coefficient (Wildman–Crippen LogP) is 4.61. The molecule has 24 heavy (non-hydrogen) atoms. The lowest BCUT2D eigenvalue weighted by atomic mass is 10.1. The highest BCUT2D eigenvalue weighted by Gasteiger charge is 2.38. The lowest BCUT2D eigenvalue weighted by Gasteiger charge is -2.16. The minimum atomic E-state index is -4.91. The van der Waals surface area contributed by atoms with Crippen LogP contribution in [0.3, 0.4) is 0 Å². The Morgan fingerprint density at radius 2 is 1.79 bits per heavy atom. The van der Waals surface area contributed by atoms with Crippen molar-refractivity contribution in [1.29, 1.82) is 0 Å². The molecule has 0 spiro atoms. The monoisotopic (exact) mass is 401 g/mol. The molecule has 0 bridgehead atoms. The number of aromatic nitrogens is 2. The number of nitrogens with one attached hydrogen (secondary N) is 1. The molecule has 2 rings (SSSR count). The molecule has 0 aliphatic rings.